The van der Waals surface area contributed by atoms with Gasteiger partial charge in [0.15, 0.2) is 6.10 Å². The second-order valence-corrected chi connectivity index (χ2v) is 22.0. The molecule has 81 heavy (non-hydrogen) atoms. The van der Waals surface area contributed by atoms with Crippen molar-refractivity contribution in [2.45, 2.75) is 309 Å². The predicted octanol–water partition coefficient (Wildman–Crippen LogP) is 23.3. The highest BCUT2D eigenvalue weighted by molar-refractivity contribution is 5.71. The predicted molar refractivity (Wildman–Crippen MR) is 353 cm³/mol. The molecule has 0 amide bonds. The smallest absolute Gasteiger partial charge is 0.306 e. The molecule has 6 heteroatoms. The third-order valence-corrected chi connectivity index (χ3v) is 14.1. The SMILES string of the molecule is CC/C=C\C/C=C\C/C=C\C/C=C\C/C=C\C/C=C\CCCCCCCCCCCCC(=O)OCC(COC(=O)CCCCCCC/C=C\CCCC)OC(=O)CCCCCCCCCCCC/C=C\C/C=C\C/C=C\C/C=C\CC. The van der Waals surface area contributed by atoms with Crippen molar-refractivity contribution in [3.63, 3.8) is 0 Å². The molecule has 0 heterocycles. The maximum absolute atomic E-state index is 12.9. The van der Waals surface area contributed by atoms with Gasteiger partial charge < -0.3 is 14.2 Å². The van der Waals surface area contributed by atoms with Gasteiger partial charge in [-0.3, -0.25) is 14.4 Å². The molecule has 0 saturated carbocycles. The van der Waals surface area contributed by atoms with E-state index < -0.39 is 6.10 Å². The summed E-state index contributed by atoms with van der Waals surface area (Å²) in [5.41, 5.74) is 0. The Kier molecular flexibility index (Phi) is 64.3. The molecule has 1 atom stereocenters. The van der Waals surface area contributed by atoms with Gasteiger partial charge in [-0.25, -0.2) is 0 Å². The van der Waals surface area contributed by atoms with Gasteiger partial charge in [-0.15, -0.1) is 0 Å². The van der Waals surface area contributed by atoms with Crippen LogP contribution in [0.1, 0.15) is 303 Å². The molecule has 0 saturated heterocycles. The molecule has 0 aliphatic heterocycles. The Morgan fingerprint density at radius 3 is 0.765 bits per heavy atom. The van der Waals surface area contributed by atoms with Crippen LogP contribution in [0.25, 0.3) is 0 Å². The standard InChI is InChI=1S/C75H124O6/c1-4-7-10-13-16-19-22-24-26-28-30-32-34-35-36-37-38-39-41-42-44-46-48-50-53-56-59-62-65-68-74(77)80-71-72(70-79-73(76)67-64-61-58-55-52-21-18-15-12-9-6-3)81-75(78)69-66-63-60-57-54-51-49-47-45-43-40-33-31-29-27-25-23-20-17-14-11-8-5-2/h7-8,10-11,15-20,24-27,30-33,35-36,38-39,72H,4-6,9,12-14,21-23,28-29,34,37,40-71H2,1-3H3/b10-7-,11-8-,18-15-,19-16-,20-17-,26-24-,27-25-,32-30-,33-31-,36-35-,39-38-. The number of rotatable bonds is 60. The summed E-state index contributed by atoms with van der Waals surface area (Å²) in [7, 11) is 0. The second-order valence-electron chi connectivity index (χ2n) is 22.0. The maximum atomic E-state index is 12.9. The van der Waals surface area contributed by atoms with E-state index in [1.165, 1.54) is 135 Å². The number of allylic oxidation sites excluding steroid dienone is 22. The first kappa shape index (κ1) is 76.5. The van der Waals surface area contributed by atoms with E-state index in [0.717, 1.165) is 128 Å². The lowest BCUT2D eigenvalue weighted by atomic mass is 10.0. The lowest BCUT2D eigenvalue weighted by Gasteiger charge is -2.18. The molecular formula is C75H124O6. The molecule has 0 N–H and O–H groups in total. The molecule has 0 aromatic carbocycles. The van der Waals surface area contributed by atoms with E-state index >= 15 is 0 Å². The summed E-state index contributed by atoms with van der Waals surface area (Å²) < 4.78 is 16.9. The highest BCUT2D eigenvalue weighted by Gasteiger charge is 2.19. The number of ether oxygens (including phenoxy) is 3. The first-order chi connectivity index (χ1) is 40.0. The minimum atomic E-state index is -0.790. The van der Waals surface area contributed by atoms with Crippen LogP contribution in [-0.2, 0) is 28.6 Å². The van der Waals surface area contributed by atoms with E-state index in [-0.39, 0.29) is 31.1 Å². The van der Waals surface area contributed by atoms with Gasteiger partial charge in [-0.05, 0) is 128 Å². The van der Waals surface area contributed by atoms with Crippen LogP contribution in [0.3, 0.4) is 0 Å². The van der Waals surface area contributed by atoms with Crippen LogP contribution in [0.2, 0.25) is 0 Å². The second kappa shape index (κ2) is 68.1. The molecule has 0 radical (unpaired) electrons. The van der Waals surface area contributed by atoms with Gasteiger partial charge in [0, 0.05) is 19.3 Å². The van der Waals surface area contributed by atoms with Gasteiger partial charge in [0.25, 0.3) is 0 Å². The van der Waals surface area contributed by atoms with E-state index in [1.54, 1.807) is 0 Å². The van der Waals surface area contributed by atoms with E-state index in [9.17, 15) is 14.4 Å². The van der Waals surface area contributed by atoms with Gasteiger partial charge in [0.2, 0.25) is 0 Å². The summed E-state index contributed by atoms with van der Waals surface area (Å²) in [5, 5.41) is 0. The minimum absolute atomic E-state index is 0.0867. The molecule has 0 aliphatic rings. The summed E-state index contributed by atoms with van der Waals surface area (Å²) in [6.07, 6.45) is 96.1. The van der Waals surface area contributed by atoms with Gasteiger partial charge in [0.1, 0.15) is 13.2 Å². The largest absolute Gasteiger partial charge is 0.462 e. The zero-order valence-electron chi connectivity index (χ0n) is 52.8. The Hall–Kier alpha value is -4.45. The van der Waals surface area contributed by atoms with Crippen molar-refractivity contribution in [2.75, 3.05) is 13.2 Å². The molecule has 460 valence electrons. The van der Waals surface area contributed by atoms with Crippen molar-refractivity contribution in [3.8, 4) is 0 Å². The lowest BCUT2D eigenvalue weighted by molar-refractivity contribution is -0.167. The Morgan fingerprint density at radius 1 is 0.259 bits per heavy atom. The van der Waals surface area contributed by atoms with E-state index in [4.69, 9.17) is 14.2 Å². The zero-order chi connectivity index (χ0) is 58.5. The first-order valence-corrected chi connectivity index (χ1v) is 33.7. The number of esters is 3. The van der Waals surface area contributed by atoms with Crippen molar-refractivity contribution in [1.29, 1.82) is 0 Å². The van der Waals surface area contributed by atoms with Crippen molar-refractivity contribution >= 4 is 17.9 Å². The van der Waals surface area contributed by atoms with Gasteiger partial charge in [-0.2, -0.15) is 0 Å². The molecule has 0 bridgehead atoms. The van der Waals surface area contributed by atoms with Crippen LogP contribution in [0.5, 0.6) is 0 Å². The summed E-state index contributed by atoms with van der Waals surface area (Å²) >= 11 is 0. The van der Waals surface area contributed by atoms with Crippen LogP contribution >= 0.6 is 0 Å². The number of unbranched alkanes of at least 4 members (excludes halogenated alkanes) is 27. The molecule has 6 nitrogen and oxygen atoms in total. The average molecular weight is 1120 g/mol. The van der Waals surface area contributed by atoms with Gasteiger partial charge in [0.05, 0.1) is 0 Å². The number of carbonyl (C=O) groups is 3. The van der Waals surface area contributed by atoms with Crippen molar-refractivity contribution < 1.29 is 28.6 Å². The molecule has 0 spiro atoms. The first-order valence-electron chi connectivity index (χ1n) is 33.7. The van der Waals surface area contributed by atoms with Gasteiger partial charge in [-0.1, -0.05) is 289 Å². The molecule has 0 aromatic rings. The van der Waals surface area contributed by atoms with Crippen LogP contribution < -0.4 is 0 Å². The zero-order valence-corrected chi connectivity index (χ0v) is 52.8. The van der Waals surface area contributed by atoms with Crippen molar-refractivity contribution in [1.82, 2.24) is 0 Å². The van der Waals surface area contributed by atoms with Crippen LogP contribution in [0.15, 0.2) is 134 Å². The molecule has 0 rings (SSSR count). The van der Waals surface area contributed by atoms with E-state index in [0.29, 0.717) is 19.3 Å². The summed E-state index contributed by atoms with van der Waals surface area (Å²) in [6.45, 7) is 6.38. The minimum Gasteiger partial charge on any atom is -0.462 e. The van der Waals surface area contributed by atoms with Crippen molar-refractivity contribution in [3.05, 3.63) is 134 Å². The van der Waals surface area contributed by atoms with Crippen LogP contribution in [-0.4, -0.2) is 37.2 Å². The highest BCUT2D eigenvalue weighted by Crippen LogP contribution is 2.16. The Morgan fingerprint density at radius 2 is 0.481 bits per heavy atom. The number of hydrogen-bond acceptors (Lipinski definition) is 6. The highest BCUT2D eigenvalue weighted by atomic mass is 16.6. The van der Waals surface area contributed by atoms with Crippen LogP contribution in [0, 0.1) is 0 Å². The summed E-state index contributed by atoms with van der Waals surface area (Å²) in [6, 6.07) is 0. The maximum Gasteiger partial charge on any atom is 0.306 e. The molecule has 0 fully saturated rings. The summed E-state index contributed by atoms with van der Waals surface area (Å²) in [5.74, 6) is -0.900. The third kappa shape index (κ3) is 66.2. The quantitative estimate of drug-likeness (QED) is 0.0261. The molecular weight excluding hydrogens is 997 g/mol. The van der Waals surface area contributed by atoms with Crippen LogP contribution in [0.4, 0.5) is 0 Å². The molecule has 1 unspecified atom stereocenters. The molecule has 0 aliphatic carbocycles. The monoisotopic (exact) mass is 1120 g/mol. The Balaban J connectivity index is 4.28. The number of carbonyl (C=O) groups excluding carboxylic acids is 3. The fourth-order valence-corrected chi connectivity index (χ4v) is 9.13. The van der Waals surface area contributed by atoms with E-state index in [1.807, 2.05) is 0 Å². The van der Waals surface area contributed by atoms with E-state index in [2.05, 4.69) is 154 Å². The average Bonchev–Trinajstić information content (AvgIpc) is 3.47. The lowest BCUT2D eigenvalue weighted by Crippen LogP contribution is -2.30. The topological polar surface area (TPSA) is 78.9 Å². The Labute approximate surface area is 500 Å². The number of hydrogen-bond donors (Lipinski definition) is 0. The Bertz CT molecular complexity index is 1720. The third-order valence-electron chi connectivity index (χ3n) is 14.1. The summed E-state index contributed by atoms with van der Waals surface area (Å²) in [4.78, 5) is 38.3. The molecule has 0 aromatic heterocycles. The fraction of sp³-hybridized carbons (Fsp3) is 0.667. The van der Waals surface area contributed by atoms with Gasteiger partial charge >= 0.3 is 17.9 Å². The fourth-order valence-electron chi connectivity index (χ4n) is 9.13. The normalized spacial score (nSPS) is 13.0. The van der Waals surface area contributed by atoms with Crippen molar-refractivity contribution in [2.24, 2.45) is 0 Å².